The van der Waals surface area contributed by atoms with E-state index in [1.807, 2.05) is 0 Å². The Morgan fingerprint density at radius 1 is 1.50 bits per heavy atom. The first-order valence-corrected chi connectivity index (χ1v) is 5.59. The van der Waals surface area contributed by atoms with Gasteiger partial charge in [-0.3, -0.25) is 4.79 Å². The number of rotatable bonds is 2. The number of aryl methyl sites for hydroxylation is 2. The van der Waals surface area contributed by atoms with Crippen LogP contribution in [0.25, 0.3) is 0 Å². The van der Waals surface area contributed by atoms with Crippen LogP contribution in [0.2, 0.25) is 0 Å². The molecule has 0 saturated heterocycles. The van der Waals surface area contributed by atoms with Gasteiger partial charge in [-0.25, -0.2) is 0 Å². The number of carbonyl (C=O) groups is 1. The second-order valence-electron chi connectivity index (χ2n) is 4.37. The molecule has 5 heteroatoms. The van der Waals surface area contributed by atoms with E-state index in [-0.39, 0.29) is 18.0 Å². The van der Waals surface area contributed by atoms with Gasteiger partial charge in [-0.1, -0.05) is 5.16 Å². The molecule has 2 atom stereocenters. The van der Waals surface area contributed by atoms with Crippen LogP contribution in [0, 0.1) is 13.8 Å². The van der Waals surface area contributed by atoms with Crippen LogP contribution in [0.15, 0.2) is 4.52 Å². The van der Waals surface area contributed by atoms with Crippen molar-refractivity contribution in [3.8, 4) is 0 Å². The first-order chi connectivity index (χ1) is 7.59. The first kappa shape index (κ1) is 11.1. The van der Waals surface area contributed by atoms with E-state index in [2.05, 4.69) is 10.5 Å². The van der Waals surface area contributed by atoms with Gasteiger partial charge in [0.2, 0.25) is 0 Å². The maximum atomic E-state index is 12.0. The van der Waals surface area contributed by atoms with Gasteiger partial charge in [0.15, 0.2) is 0 Å². The van der Waals surface area contributed by atoms with Crippen molar-refractivity contribution in [1.29, 1.82) is 0 Å². The van der Waals surface area contributed by atoms with Gasteiger partial charge >= 0.3 is 0 Å². The molecule has 1 aromatic heterocycles. The summed E-state index contributed by atoms with van der Waals surface area (Å²) >= 11 is 0. The molecule has 1 aromatic rings. The monoisotopic (exact) mass is 223 g/mol. The van der Waals surface area contributed by atoms with Crippen molar-refractivity contribution in [3.05, 3.63) is 17.0 Å². The van der Waals surface area contributed by atoms with E-state index in [1.54, 1.807) is 13.8 Å². The number of hydrogen-bond acceptors (Lipinski definition) is 4. The van der Waals surface area contributed by atoms with Crippen molar-refractivity contribution in [2.45, 2.75) is 45.2 Å². The summed E-state index contributed by atoms with van der Waals surface area (Å²) in [5.41, 5.74) is 7.07. The lowest BCUT2D eigenvalue weighted by atomic mass is 10.1. The molecule has 1 fully saturated rings. The third kappa shape index (κ3) is 1.95. The zero-order valence-electron chi connectivity index (χ0n) is 9.62. The van der Waals surface area contributed by atoms with Crippen LogP contribution < -0.4 is 11.1 Å². The minimum Gasteiger partial charge on any atom is -0.361 e. The maximum Gasteiger partial charge on any atom is 0.257 e. The molecular formula is C11H17N3O2. The smallest absolute Gasteiger partial charge is 0.257 e. The Morgan fingerprint density at radius 3 is 2.75 bits per heavy atom. The molecule has 0 spiro atoms. The highest BCUT2D eigenvalue weighted by Gasteiger charge is 2.27. The van der Waals surface area contributed by atoms with Crippen LogP contribution in [0.3, 0.4) is 0 Å². The summed E-state index contributed by atoms with van der Waals surface area (Å²) in [5.74, 6) is 0.431. The lowest BCUT2D eigenvalue weighted by Gasteiger charge is -2.16. The number of hydrogen-bond donors (Lipinski definition) is 2. The summed E-state index contributed by atoms with van der Waals surface area (Å²) in [6, 6.07) is 0.158. The summed E-state index contributed by atoms with van der Waals surface area (Å²) in [7, 11) is 0. The molecular weight excluding hydrogens is 206 g/mol. The minimum absolute atomic E-state index is 0.0735. The molecule has 1 aliphatic rings. The molecule has 0 bridgehead atoms. The highest BCUT2D eigenvalue weighted by atomic mass is 16.5. The zero-order valence-corrected chi connectivity index (χ0v) is 9.62. The Kier molecular flexibility index (Phi) is 2.96. The first-order valence-electron chi connectivity index (χ1n) is 5.59. The van der Waals surface area contributed by atoms with Crippen molar-refractivity contribution in [2.24, 2.45) is 5.73 Å². The van der Waals surface area contributed by atoms with Gasteiger partial charge in [-0.2, -0.15) is 0 Å². The topological polar surface area (TPSA) is 81.2 Å². The number of nitrogens with one attached hydrogen (secondary N) is 1. The molecule has 0 aliphatic heterocycles. The Hall–Kier alpha value is -1.36. The van der Waals surface area contributed by atoms with Crippen LogP contribution >= 0.6 is 0 Å². The molecule has 16 heavy (non-hydrogen) atoms. The molecule has 2 unspecified atom stereocenters. The minimum atomic E-state index is -0.126. The second kappa shape index (κ2) is 4.25. The molecule has 1 saturated carbocycles. The van der Waals surface area contributed by atoms with Crippen molar-refractivity contribution >= 4 is 5.91 Å². The molecule has 1 amide bonds. The van der Waals surface area contributed by atoms with Gasteiger partial charge in [0.05, 0.1) is 5.69 Å². The highest BCUT2D eigenvalue weighted by molar-refractivity contribution is 5.96. The number of aromatic nitrogens is 1. The Balaban J connectivity index is 2.08. The quantitative estimate of drug-likeness (QED) is 0.780. The van der Waals surface area contributed by atoms with Crippen LogP contribution in [-0.2, 0) is 0 Å². The second-order valence-corrected chi connectivity index (χ2v) is 4.37. The average molecular weight is 223 g/mol. The molecule has 3 N–H and O–H groups in total. The van der Waals surface area contributed by atoms with E-state index in [0.29, 0.717) is 17.0 Å². The summed E-state index contributed by atoms with van der Waals surface area (Å²) < 4.78 is 4.97. The number of nitrogens with zero attached hydrogens (tertiary/aromatic N) is 1. The van der Waals surface area contributed by atoms with Gasteiger partial charge in [0.25, 0.3) is 5.91 Å². The third-order valence-corrected chi connectivity index (χ3v) is 3.15. The van der Waals surface area contributed by atoms with E-state index < -0.39 is 0 Å². The normalized spacial score (nSPS) is 24.7. The molecule has 2 rings (SSSR count). The summed E-state index contributed by atoms with van der Waals surface area (Å²) in [4.78, 5) is 12.0. The SMILES string of the molecule is Cc1noc(C)c1C(=O)NC1CCCC1N. The highest BCUT2D eigenvalue weighted by Crippen LogP contribution is 2.19. The van der Waals surface area contributed by atoms with Crippen LogP contribution in [0.4, 0.5) is 0 Å². The lowest BCUT2D eigenvalue weighted by molar-refractivity contribution is 0.0932. The molecule has 1 heterocycles. The van der Waals surface area contributed by atoms with E-state index >= 15 is 0 Å². The van der Waals surface area contributed by atoms with E-state index in [1.165, 1.54) is 0 Å². The fourth-order valence-electron chi connectivity index (χ4n) is 2.22. The summed E-state index contributed by atoms with van der Waals surface area (Å²) in [6.45, 7) is 3.50. The molecule has 0 aromatic carbocycles. The van der Waals surface area contributed by atoms with E-state index in [0.717, 1.165) is 19.3 Å². The van der Waals surface area contributed by atoms with Crippen molar-refractivity contribution < 1.29 is 9.32 Å². The van der Waals surface area contributed by atoms with Crippen molar-refractivity contribution in [1.82, 2.24) is 10.5 Å². The molecule has 0 radical (unpaired) electrons. The number of amides is 1. The predicted octanol–water partition coefficient (Wildman–Crippen LogP) is 0.901. The third-order valence-electron chi connectivity index (χ3n) is 3.15. The average Bonchev–Trinajstić information content (AvgIpc) is 2.75. The van der Waals surface area contributed by atoms with Gasteiger partial charge in [0.1, 0.15) is 11.3 Å². The Morgan fingerprint density at radius 2 is 2.25 bits per heavy atom. The van der Waals surface area contributed by atoms with Crippen molar-refractivity contribution in [2.75, 3.05) is 0 Å². The Labute approximate surface area is 94.4 Å². The Bertz CT molecular complexity index is 380. The van der Waals surface area contributed by atoms with Gasteiger partial charge in [-0.05, 0) is 33.1 Å². The fraction of sp³-hybridized carbons (Fsp3) is 0.636. The largest absolute Gasteiger partial charge is 0.361 e. The predicted molar refractivity (Wildman–Crippen MR) is 59.1 cm³/mol. The van der Waals surface area contributed by atoms with Crippen molar-refractivity contribution in [3.63, 3.8) is 0 Å². The van der Waals surface area contributed by atoms with Crippen LogP contribution in [-0.4, -0.2) is 23.1 Å². The molecule has 1 aliphatic carbocycles. The fourth-order valence-corrected chi connectivity index (χ4v) is 2.22. The standard InChI is InChI=1S/C11H17N3O2/c1-6-10(7(2)16-14-6)11(15)13-9-5-3-4-8(9)12/h8-9H,3-5,12H2,1-2H3,(H,13,15). The number of carbonyl (C=O) groups excluding carboxylic acids is 1. The summed E-state index contributed by atoms with van der Waals surface area (Å²) in [6.07, 6.45) is 3.01. The van der Waals surface area contributed by atoms with E-state index in [9.17, 15) is 4.79 Å². The van der Waals surface area contributed by atoms with Gasteiger partial charge in [-0.15, -0.1) is 0 Å². The molecule has 88 valence electrons. The van der Waals surface area contributed by atoms with Gasteiger partial charge < -0.3 is 15.6 Å². The maximum absolute atomic E-state index is 12.0. The number of nitrogens with two attached hydrogens (primary N) is 1. The van der Waals surface area contributed by atoms with Crippen LogP contribution in [0.1, 0.15) is 41.1 Å². The van der Waals surface area contributed by atoms with Crippen LogP contribution in [0.5, 0.6) is 0 Å². The van der Waals surface area contributed by atoms with E-state index in [4.69, 9.17) is 10.3 Å². The summed E-state index contributed by atoms with van der Waals surface area (Å²) in [5, 5.41) is 6.71. The lowest BCUT2D eigenvalue weighted by Crippen LogP contribution is -2.44. The molecule has 5 nitrogen and oxygen atoms in total. The zero-order chi connectivity index (χ0) is 11.7. The van der Waals surface area contributed by atoms with Gasteiger partial charge in [0, 0.05) is 12.1 Å².